The average Bonchev–Trinajstić information content (AvgIpc) is 2.82. The first-order chi connectivity index (χ1) is 7.81. The number of aromatic nitrogens is 2. The Hall–Kier alpha value is -1.36. The number of piperidine rings is 1. The van der Waals surface area contributed by atoms with Crippen LogP contribution in [0, 0.1) is 5.92 Å². The number of amides is 1. The van der Waals surface area contributed by atoms with Crippen molar-refractivity contribution in [3.63, 3.8) is 0 Å². The first kappa shape index (κ1) is 11.1. The highest BCUT2D eigenvalue weighted by atomic mass is 16.3. The summed E-state index contributed by atoms with van der Waals surface area (Å²) in [6.45, 7) is 1.76. The van der Waals surface area contributed by atoms with Gasteiger partial charge in [-0.1, -0.05) is 0 Å². The minimum absolute atomic E-state index is 0.0140. The Balaban J connectivity index is 1.96. The number of aliphatic hydroxyl groups is 1. The van der Waals surface area contributed by atoms with E-state index in [4.69, 9.17) is 5.11 Å². The van der Waals surface area contributed by atoms with Crippen LogP contribution in [0.15, 0.2) is 12.3 Å². The molecule has 0 bridgehead atoms. The fourth-order valence-electron chi connectivity index (χ4n) is 2.21. The summed E-state index contributed by atoms with van der Waals surface area (Å²) in [5.74, 6) is 0.450. The second-order valence-corrected chi connectivity index (χ2v) is 4.24. The Bertz CT molecular complexity index is 335. The van der Waals surface area contributed by atoms with Gasteiger partial charge in [0.05, 0.1) is 0 Å². The molecule has 1 aromatic heterocycles. The topological polar surface area (TPSA) is 69.2 Å². The molecular weight excluding hydrogens is 206 g/mol. The highest BCUT2D eigenvalue weighted by molar-refractivity contribution is 5.92. The molecule has 1 saturated heterocycles. The first-order valence-electron chi connectivity index (χ1n) is 5.70. The Morgan fingerprint density at radius 1 is 1.69 bits per heavy atom. The summed E-state index contributed by atoms with van der Waals surface area (Å²) < 4.78 is 0. The number of carbonyl (C=O) groups excluding carboxylic acids is 1. The van der Waals surface area contributed by atoms with E-state index in [0.717, 1.165) is 32.4 Å². The normalized spacial score (nSPS) is 21.1. The lowest BCUT2D eigenvalue weighted by Crippen LogP contribution is -2.40. The number of hydrogen-bond donors (Lipinski definition) is 2. The van der Waals surface area contributed by atoms with E-state index in [-0.39, 0.29) is 12.5 Å². The summed E-state index contributed by atoms with van der Waals surface area (Å²) >= 11 is 0. The molecule has 1 amide bonds. The predicted octanol–water partition coefficient (Wildman–Crippen LogP) is 0.644. The van der Waals surface area contributed by atoms with Gasteiger partial charge < -0.3 is 10.0 Å². The number of hydrogen-bond acceptors (Lipinski definition) is 3. The number of aromatic amines is 1. The standard InChI is InChI=1S/C11H17N3O2/c15-7-4-9-2-1-6-14(8-9)11(16)10-3-5-12-13-10/h3,5,9,15H,1-2,4,6-8H2,(H,12,13). The van der Waals surface area contributed by atoms with Gasteiger partial charge in [-0.05, 0) is 31.2 Å². The maximum atomic E-state index is 12.0. The molecule has 1 unspecified atom stereocenters. The van der Waals surface area contributed by atoms with Gasteiger partial charge in [0.25, 0.3) is 5.91 Å². The van der Waals surface area contributed by atoms with Crippen LogP contribution in [0.2, 0.25) is 0 Å². The third kappa shape index (κ3) is 2.41. The second kappa shape index (κ2) is 5.12. The van der Waals surface area contributed by atoms with E-state index in [9.17, 15) is 4.79 Å². The monoisotopic (exact) mass is 223 g/mol. The molecule has 2 N–H and O–H groups in total. The van der Waals surface area contributed by atoms with Gasteiger partial charge in [-0.25, -0.2) is 0 Å². The molecule has 88 valence electrons. The zero-order valence-electron chi connectivity index (χ0n) is 9.22. The molecule has 5 heteroatoms. The molecule has 5 nitrogen and oxygen atoms in total. The Labute approximate surface area is 94.5 Å². The van der Waals surface area contributed by atoms with Crippen molar-refractivity contribution in [1.29, 1.82) is 0 Å². The van der Waals surface area contributed by atoms with Crippen LogP contribution < -0.4 is 0 Å². The Morgan fingerprint density at radius 3 is 3.25 bits per heavy atom. The number of carbonyl (C=O) groups is 1. The minimum atomic E-state index is 0.0140. The lowest BCUT2D eigenvalue weighted by molar-refractivity contribution is 0.0647. The van der Waals surface area contributed by atoms with E-state index in [0.29, 0.717) is 11.6 Å². The maximum absolute atomic E-state index is 12.0. The SMILES string of the molecule is O=C(c1ccn[nH]1)N1CCCC(CCO)C1. The lowest BCUT2D eigenvalue weighted by atomic mass is 9.95. The van der Waals surface area contributed by atoms with E-state index < -0.39 is 0 Å². The summed E-state index contributed by atoms with van der Waals surface area (Å²) in [6, 6.07) is 1.69. The quantitative estimate of drug-likeness (QED) is 0.790. The van der Waals surface area contributed by atoms with Crippen LogP contribution in [0.4, 0.5) is 0 Å². The van der Waals surface area contributed by atoms with E-state index in [1.54, 1.807) is 12.3 Å². The van der Waals surface area contributed by atoms with Crippen LogP contribution in [-0.2, 0) is 0 Å². The van der Waals surface area contributed by atoms with Crippen LogP contribution in [-0.4, -0.2) is 45.8 Å². The number of nitrogens with zero attached hydrogens (tertiary/aromatic N) is 2. The van der Waals surface area contributed by atoms with Gasteiger partial charge >= 0.3 is 0 Å². The van der Waals surface area contributed by atoms with Crippen molar-refractivity contribution in [1.82, 2.24) is 15.1 Å². The van der Waals surface area contributed by atoms with E-state index in [2.05, 4.69) is 10.2 Å². The van der Waals surface area contributed by atoms with Crippen LogP contribution in [0.1, 0.15) is 29.8 Å². The van der Waals surface area contributed by atoms with Gasteiger partial charge in [0.15, 0.2) is 0 Å². The number of aliphatic hydroxyl groups excluding tert-OH is 1. The van der Waals surface area contributed by atoms with E-state index >= 15 is 0 Å². The molecule has 2 heterocycles. The summed E-state index contributed by atoms with van der Waals surface area (Å²) in [7, 11) is 0. The Kier molecular flexibility index (Phi) is 3.56. The van der Waals surface area contributed by atoms with Crippen LogP contribution >= 0.6 is 0 Å². The van der Waals surface area contributed by atoms with Gasteiger partial charge in [-0.15, -0.1) is 0 Å². The molecule has 1 atom stereocenters. The van der Waals surface area contributed by atoms with Crippen molar-refractivity contribution in [3.05, 3.63) is 18.0 Å². The smallest absolute Gasteiger partial charge is 0.271 e. The zero-order valence-corrected chi connectivity index (χ0v) is 9.22. The van der Waals surface area contributed by atoms with Gasteiger partial charge in [0, 0.05) is 25.9 Å². The number of nitrogens with one attached hydrogen (secondary N) is 1. The van der Waals surface area contributed by atoms with Crippen molar-refractivity contribution in [2.45, 2.75) is 19.3 Å². The third-order valence-electron chi connectivity index (χ3n) is 3.07. The molecule has 1 aliphatic heterocycles. The average molecular weight is 223 g/mol. The number of rotatable bonds is 3. The van der Waals surface area contributed by atoms with Gasteiger partial charge in [-0.2, -0.15) is 5.10 Å². The van der Waals surface area contributed by atoms with Crippen molar-refractivity contribution >= 4 is 5.91 Å². The minimum Gasteiger partial charge on any atom is -0.396 e. The zero-order chi connectivity index (χ0) is 11.4. The maximum Gasteiger partial charge on any atom is 0.271 e. The molecule has 1 aliphatic rings. The molecule has 0 aliphatic carbocycles. The molecule has 1 fully saturated rings. The summed E-state index contributed by atoms with van der Waals surface area (Å²) in [4.78, 5) is 13.8. The van der Waals surface area contributed by atoms with Gasteiger partial charge in [0.2, 0.25) is 0 Å². The van der Waals surface area contributed by atoms with Crippen molar-refractivity contribution in [3.8, 4) is 0 Å². The first-order valence-corrected chi connectivity index (χ1v) is 5.70. The lowest BCUT2D eigenvalue weighted by Gasteiger charge is -2.32. The van der Waals surface area contributed by atoms with Gasteiger partial charge in [0.1, 0.15) is 5.69 Å². The fraction of sp³-hybridized carbons (Fsp3) is 0.636. The molecule has 16 heavy (non-hydrogen) atoms. The fourth-order valence-corrected chi connectivity index (χ4v) is 2.21. The number of likely N-dealkylation sites (tertiary alicyclic amines) is 1. The largest absolute Gasteiger partial charge is 0.396 e. The Morgan fingerprint density at radius 2 is 2.56 bits per heavy atom. The van der Waals surface area contributed by atoms with Crippen molar-refractivity contribution in [2.75, 3.05) is 19.7 Å². The van der Waals surface area contributed by atoms with Gasteiger partial charge in [-0.3, -0.25) is 9.89 Å². The molecule has 0 aromatic carbocycles. The number of H-pyrrole nitrogens is 1. The van der Waals surface area contributed by atoms with E-state index in [1.165, 1.54) is 0 Å². The van der Waals surface area contributed by atoms with Crippen LogP contribution in [0.3, 0.4) is 0 Å². The molecule has 0 spiro atoms. The molecular formula is C11H17N3O2. The molecule has 0 saturated carbocycles. The second-order valence-electron chi connectivity index (χ2n) is 4.24. The highest BCUT2D eigenvalue weighted by Crippen LogP contribution is 2.20. The molecule has 2 rings (SSSR count). The third-order valence-corrected chi connectivity index (χ3v) is 3.07. The highest BCUT2D eigenvalue weighted by Gasteiger charge is 2.24. The van der Waals surface area contributed by atoms with Crippen molar-refractivity contribution in [2.24, 2.45) is 5.92 Å². The van der Waals surface area contributed by atoms with Crippen molar-refractivity contribution < 1.29 is 9.90 Å². The summed E-state index contributed by atoms with van der Waals surface area (Å²) in [5, 5.41) is 15.4. The molecule has 1 aromatic rings. The van der Waals surface area contributed by atoms with E-state index in [1.807, 2.05) is 4.90 Å². The van der Waals surface area contributed by atoms with Crippen LogP contribution in [0.25, 0.3) is 0 Å². The molecule has 0 radical (unpaired) electrons. The summed E-state index contributed by atoms with van der Waals surface area (Å²) in [6.07, 6.45) is 4.49. The predicted molar refractivity (Wildman–Crippen MR) is 58.9 cm³/mol. The van der Waals surface area contributed by atoms with Crippen LogP contribution in [0.5, 0.6) is 0 Å². The summed E-state index contributed by atoms with van der Waals surface area (Å²) in [5.41, 5.74) is 0.546.